The monoisotopic (exact) mass is 683 g/mol. The van der Waals surface area contributed by atoms with Crippen LogP contribution in [0.3, 0.4) is 0 Å². The molecule has 3 aromatic rings. The Morgan fingerprint density at radius 1 is 0.907 bits per heavy atom. The number of rotatable bonds is 8. The Bertz CT molecular complexity index is 1560. The van der Waals surface area contributed by atoms with E-state index in [1.54, 1.807) is 0 Å². The van der Waals surface area contributed by atoms with Crippen molar-refractivity contribution in [2.75, 3.05) is 17.7 Å². The number of methoxy groups -OCH3 is 1. The number of carbonyl (C=O) groups excluding carboxylic acids is 2. The van der Waals surface area contributed by atoms with Crippen molar-refractivity contribution in [1.29, 1.82) is 5.26 Å². The van der Waals surface area contributed by atoms with Crippen molar-refractivity contribution in [3.63, 3.8) is 0 Å². The quantitative estimate of drug-likeness (QED) is 0.237. The minimum atomic E-state index is -6.56. The van der Waals surface area contributed by atoms with E-state index in [1.807, 2.05) is 11.4 Å². The van der Waals surface area contributed by atoms with Crippen molar-refractivity contribution in [3.05, 3.63) is 81.3 Å². The van der Waals surface area contributed by atoms with Crippen LogP contribution in [-0.4, -0.2) is 37.9 Å². The Hall–Kier alpha value is -4.46. The highest BCUT2D eigenvalue weighted by Crippen LogP contribution is 2.55. The molecule has 0 bridgehead atoms. The molecule has 0 radical (unpaired) electrons. The van der Waals surface area contributed by atoms with Crippen LogP contribution in [0.2, 0.25) is 0 Å². The number of para-hydroxylation sites is 1. The summed E-state index contributed by atoms with van der Waals surface area (Å²) in [5, 5.41) is 13.4. The molecule has 0 saturated heterocycles. The molecular formula is C26H15BrF9N3O4. The Labute approximate surface area is 244 Å². The largest absolute Gasteiger partial charge is 0.494 e. The van der Waals surface area contributed by atoms with Crippen LogP contribution in [0.1, 0.15) is 31.8 Å². The van der Waals surface area contributed by atoms with E-state index in [0.29, 0.717) is 0 Å². The van der Waals surface area contributed by atoms with E-state index in [1.165, 1.54) is 36.4 Å². The summed E-state index contributed by atoms with van der Waals surface area (Å²) in [5.41, 5.74) is -9.11. The molecule has 228 valence electrons. The van der Waals surface area contributed by atoms with Crippen LogP contribution in [-0.2, 0) is 5.67 Å². The van der Waals surface area contributed by atoms with Gasteiger partial charge in [0, 0.05) is 15.6 Å². The summed E-state index contributed by atoms with van der Waals surface area (Å²) >= 11 is 2.58. The van der Waals surface area contributed by atoms with Crippen molar-refractivity contribution in [2.24, 2.45) is 0 Å². The molecule has 0 fully saturated rings. The molecule has 2 N–H and O–H groups in total. The van der Waals surface area contributed by atoms with E-state index in [0.717, 1.165) is 13.2 Å². The van der Waals surface area contributed by atoms with Gasteiger partial charge in [-0.3, -0.25) is 9.59 Å². The second-order valence-electron chi connectivity index (χ2n) is 8.35. The van der Waals surface area contributed by atoms with E-state index in [9.17, 15) is 49.1 Å². The predicted molar refractivity (Wildman–Crippen MR) is 136 cm³/mol. The third kappa shape index (κ3) is 6.79. The van der Waals surface area contributed by atoms with Gasteiger partial charge in [-0.25, -0.2) is 4.39 Å². The number of nitrogens with zero attached hydrogens (tertiary/aromatic N) is 1. The maximum Gasteiger partial charge on any atom is 0.435 e. The van der Waals surface area contributed by atoms with Gasteiger partial charge < -0.3 is 20.1 Å². The highest BCUT2D eigenvalue weighted by molar-refractivity contribution is 9.10. The molecule has 3 rings (SSSR count). The SMILES string of the molecule is COc1c(NC(=O)c2ccc(C#N)cc2)cccc1C(=O)Nc1c(Br)cc(C(F)(C(F)(F)F)C(F)(F)F)cc1OC(F)F. The Balaban J connectivity index is 2.03. The van der Waals surface area contributed by atoms with E-state index in [4.69, 9.17) is 10.00 Å². The second kappa shape index (κ2) is 12.4. The fourth-order valence-corrected chi connectivity index (χ4v) is 4.23. The normalized spacial score (nSPS) is 12.0. The first kappa shape index (κ1) is 33.0. The summed E-state index contributed by atoms with van der Waals surface area (Å²) < 4.78 is 129. The molecule has 0 saturated carbocycles. The smallest absolute Gasteiger partial charge is 0.435 e. The van der Waals surface area contributed by atoms with Gasteiger partial charge >= 0.3 is 24.6 Å². The first-order chi connectivity index (χ1) is 19.9. The maximum absolute atomic E-state index is 14.6. The molecule has 17 heteroatoms. The Morgan fingerprint density at radius 3 is 2.02 bits per heavy atom. The molecule has 7 nitrogen and oxygen atoms in total. The van der Waals surface area contributed by atoms with Crippen LogP contribution in [0.5, 0.6) is 11.5 Å². The molecule has 0 aromatic heterocycles. The topological polar surface area (TPSA) is 100 Å². The minimum Gasteiger partial charge on any atom is -0.494 e. The number of benzene rings is 3. The number of nitriles is 1. The molecule has 0 aliphatic rings. The van der Waals surface area contributed by atoms with Crippen LogP contribution in [0.15, 0.2) is 59.1 Å². The molecule has 43 heavy (non-hydrogen) atoms. The van der Waals surface area contributed by atoms with Gasteiger partial charge in [0.1, 0.15) is 0 Å². The van der Waals surface area contributed by atoms with Crippen LogP contribution < -0.4 is 20.1 Å². The average Bonchev–Trinajstić information content (AvgIpc) is 2.92. The number of hydrogen-bond donors (Lipinski definition) is 2. The zero-order valence-electron chi connectivity index (χ0n) is 21.1. The van der Waals surface area contributed by atoms with Crippen LogP contribution in [0.4, 0.5) is 50.9 Å². The molecule has 0 spiro atoms. The number of nitrogens with one attached hydrogen (secondary N) is 2. The van der Waals surface area contributed by atoms with Crippen LogP contribution in [0, 0.1) is 11.3 Å². The summed E-state index contributed by atoms with van der Waals surface area (Å²) in [6, 6.07) is 10.7. The number of hydrogen-bond acceptors (Lipinski definition) is 5. The number of ether oxygens (including phenoxy) is 2. The van der Waals surface area contributed by atoms with Gasteiger partial charge in [0.25, 0.3) is 11.8 Å². The molecule has 0 unspecified atom stereocenters. The number of halogens is 10. The number of alkyl halides is 9. The van der Waals surface area contributed by atoms with E-state index < -0.39 is 57.9 Å². The first-order valence-corrected chi connectivity index (χ1v) is 12.1. The molecule has 0 aliphatic carbocycles. The molecule has 3 aromatic carbocycles. The standard InChI is InChI=1S/C26H15BrF9N3O4/c1-42-20-15(3-2-4-17(20)38-21(40)13-7-5-12(11-37)6-8-13)22(41)39-19-16(27)9-14(10-18(19)43-23(28)29)24(30,25(31,32)33)26(34,35)36/h2-10,23H,1H3,(H,38,40)(H,39,41). The zero-order valence-corrected chi connectivity index (χ0v) is 22.7. The molecule has 0 atom stereocenters. The van der Waals surface area contributed by atoms with Gasteiger partial charge in [0.2, 0.25) is 0 Å². The molecular weight excluding hydrogens is 669 g/mol. The minimum absolute atomic E-state index is 0.000381. The Kier molecular flexibility index (Phi) is 9.54. The van der Waals surface area contributed by atoms with Crippen molar-refractivity contribution in [2.45, 2.75) is 24.6 Å². The fourth-order valence-electron chi connectivity index (χ4n) is 3.68. The molecule has 0 heterocycles. The van der Waals surface area contributed by atoms with Gasteiger partial charge in [-0.2, -0.15) is 40.4 Å². The van der Waals surface area contributed by atoms with Crippen molar-refractivity contribution in [3.8, 4) is 17.6 Å². The first-order valence-electron chi connectivity index (χ1n) is 11.4. The van der Waals surface area contributed by atoms with Crippen molar-refractivity contribution < 1.29 is 58.6 Å². The van der Waals surface area contributed by atoms with E-state index >= 15 is 0 Å². The summed E-state index contributed by atoms with van der Waals surface area (Å²) in [5.74, 6) is -3.64. The maximum atomic E-state index is 14.6. The van der Waals surface area contributed by atoms with Gasteiger partial charge in [-0.1, -0.05) is 6.07 Å². The lowest BCUT2D eigenvalue weighted by Gasteiger charge is -2.31. The summed E-state index contributed by atoms with van der Waals surface area (Å²) in [6.07, 6.45) is -13.1. The lowest BCUT2D eigenvalue weighted by atomic mass is 9.93. The van der Waals surface area contributed by atoms with Gasteiger partial charge in [0.15, 0.2) is 11.5 Å². The fraction of sp³-hybridized carbons (Fsp3) is 0.192. The molecule has 2 amide bonds. The lowest BCUT2D eigenvalue weighted by Crippen LogP contribution is -2.50. The van der Waals surface area contributed by atoms with Crippen LogP contribution >= 0.6 is 15.9 Å². The molecule has 0 aliphatic heterocycles. The van der Waals surface area contributed by atoms with Crippen molar-refractivity contribution >= 4 is 39.1 Å². The highest BCUT2D eigenvalue weighted by atomic mass is 79.9. The number of carbonyl (C=O) groups is 2. The predicted octanol–water partition coefficient (Wildman–Crippen LogP) is 7.72. The Morgan fingerprint density at radius 2 is 1.51 bits per heavy atom. The summed E-state index contributed by atoms with van der Waals surface area (Å²) in [6.45, 7) is -3.82. The zero-order chi connectivity index (χ0) is 32.3. The number of anilines is 2. The average molecular weight is 684 g/mol. The number of amides is 2. The summed E-state index contributed by atoms with van der Waals surface area (Å²) in [4.78, 5) is 25.8. The highest BCUT2D eigenvalue weighted by Gasteiger charge is 2.73. The van der Waals surface area contributed by atoms with Crippen molar-refractivity contribution in [1.82, 2.24) is 0 Å². The van der Waals surface area contributed by atoms with E-state index in [-0.39, 0.29) is 40.3 Å². The van der Waals surface area contributed by atoms with Crippen LogP contribution in [0.25, 0.3) is 0 Å². The third-order valence-electron chi connectivity index (χ3n) is 5.68. The van der Waals surface area contributed by atoms with Gasteiger partial charge in [-0.15, -0.1) is 0 Å². The van der Waals surface area contributed by atoms with E-state index in [2.05, 4.69) is 26.0 Å². The third-order valence-corrected chi connectivity index (χ3v) is 6.30. The van der Waals surface area contributed by atoms with Gasteiger partial charge in [-0.05, 0) is 64.5 Å². The lowest BCUT2D eigenvalue weighted by molar-refractivity contribution is -0.348. The summed E-state index contributed by atoms with van der Waals surface area (Å²) in [7, 11) is 1.09. The second-order valence-corrected chi connectivity index (χ2v) is 9.20. The van der Waals surface area contributed by atoms with Gasteiger partial charge in [0.05, 0.1) is 35.7 Å².